The Morgan fingerprint density at radius 3 is 3.06 bits per heavy atom. The van der Waals surface area contributed by atoms with E-state index in [9.17, 15) is 0 Å². The van der Waals surface area contributed by atoms with Gasteiger partial charge in [-0.05, 0) is 37.7 Å². The number of imidazole rings is 1. The number of hydrogen-bond donors (Lipinski definition) is 2. The largest absolute Gasteiger partial charge is 0.397 e. The molecule has 1 aromatic carbocycles. The Hall–Kier alpha value is -0.680. The Bertz CT molecular complexity index is 572. The van der Waals surface area contributed by atoms with Gasteiger partial charge in [0.2, 0.25) is 0 Å². The van der Waals surface area contributed by atoms with Gasteiger partial charge in [-0.2, -0.15) is 0 Å². The summed E-state index contributed by atoms with van der Waals surface area (Å²) in [6.07, 6.45) is 2.44. The molecule has 1 aliphatic rings. The monoisotopic (exact) mass is 311 g/mol. The zero-order valence-electron chi connectivity index (χ0n) is 9.59. The minimum atomic E-state index is 0.123. The van der Waals surface area contributed by atoms with E-state index in [0.717, 1.165) is 27.0 Å². The SMILES string of the molecule is CC1(c2nc3c(N)cc(Br)cc3[nH]2)CCCS1. The predicted octanol–water partition coefficient (Wildman–Crippen LogP) is 3.65. The van der Waals surface area contributed by atoms with Gasteiger partial charge in [0.05, 0.1) is 16.0 Å². The van der Waals surface area contributed by atoms with Crippen molar-refractivity contribution in [2.45, 2.75) is 24.5 Å². The van der Waals surface area contributed by atoms with Gasteiger partial charge >= 0.3 is 0 Å². The number of rotatable bonds is 1. The highest BCUT2D eigenvalue weighted by Gasteiger charge is 2.34. The van der Waals surface area contributed by atoms with Gasteiger partial charge in [0.1, 0.15) is 11.3 Å². The molecule has 1 aliphatic heterocycles. The number of anilines is 1. The van der Waals surface area contributed by atoms with Crippen molar-refractivity contribution in [2.24, 2.45) is 0 Å². The number of hydrogen-bond acceptors (Lipinski definition) is 3. The van der Waals surface area contributed by atoms with E-state index in [1.807, 2.05) is 23.9 Å². The van der Waals surface area contributed by atoms with E-state index in [-0.39, 0.29) is 4.75 Å². The van der Waals surface area contributed by atoms with Gasteiger partial charge in [0.25, 0.3) is 0 Å². The third kappa shape index (κ3) is 1.85. The maximum Gasteiger partial charge on any atom is 0.123 e. The molecule has 0 bridgehead atoms. The molecule has 3 rings (SSSR count). The molecule has 1 aromatic heterocycles. The Labute approximate surface area is 113 Å². The van der Waals surface area contributed by atoms with Crippen LogP contribution in [0.4, 0.5) is 5.69 Å². The lowest BCUT2D eigenvalue weighted by molar-refractivity contribution is 0.614. The fourth-order valence-electron chi connectivity index (χ4n) is 2.32. The van der Waals surface area contributed by atoms with Gasteiger partial charge in [0.15, 0.2) is 0 Å². The van der Waals surface area contributed by atoms with Crippen LogP contribution in [0.25, 0.3) is 11.0 Å². The van der Waals surface area contributed by atoms with E-state index in [2.05, 4.69) is 32.8 Å². The van der Waals surface area contributed by atoms with Gasteiger partial charge in [-0.15, -0.1) is 11.8 Å². The summed E-state index contributed by atoms with van der Waals surface area (Å²) in [7, 11) is 0. The van der Waals surface area contributed by atoms with Crippen LogP contribution in [0.5, 0.6) is 0 Å². The molecule has 1 saturated heterocycles. The smallest absolute Gasteiger partial charge is 0.123 e. The second-order valence-electron chi connectivity index (χ2n) is 4.66. The van der Waals surface area contributed by atoms with Gasteiger partial charge < -0.3 is 10.7 Å². The van der Waals surface area contributed by atoms with Crippen molar-refractivity contribution in [3.63, 3.8) is 0 Å². The van der Waals surface area contributed by atoms with Gasteiger partial charge in [-0.1, -0.05) is 15.9 Å². The van der Waals surface area contributed by atoms with E-state index in [1.165, 1.54) is 18.6 Å². The van der Waals surface area contributed by atoms with Crippen molar-refractivity contribution >= 4 is 44.4 Å². The van der Waals surface area contributed by atoms with Crippen LogP contribution in [0.2, 0.25) is 0 Å². The van der Waals surface area contributed by atoms with Crippen LogP contribution in [0, 0.1) is 0 Å². The summed E-state index contributed by atoms with van der Waals surface area (Å²) in [5, 5.41) is 0. The standard InChI is InChI=1S/C12H14BrN3S/c1-12(3-2-4-17-12)11-15-9-6-7(13)5-8(14)10(9)16-11/h5-6H,2-4,14H2,1H3,(H,15,16). The van der Waals surface area contributed by atoms with Crippen LogP contribution in [-0.2, 0) is 4.75 Å². The molecule has 2 aromatic rings. The predicted molar refractivity (Wildman–Crippen MR) is 77.3 cm³/mol. The van der Waals surface area contributed by atoms with Crippen LogP contribution in [0.15, 0.2) is 16.6 Å². The lowest BCUT2D eigenvalue weighted by Gasteiger charge is -2.18. The van der Waals surface area contributed by atoms with Crippen LogP contribution in [0.3, 0.4) is 0 Å². The van der Waals surface area contributed by atoms with E-state index < -0.39 is 0 Å². The molecule has 0 amide bonds. The van der Waals surface area contributed by atoms with Crippen LogP contribution >= 0.6 is 27.7 Å². The first-order chi connectivity index (χ1) is 8.08. The van der Waals surface area contributed by atoms with E-state index in [0.29, 0.717) is 0 Å². The number of nitrogen functional groups attached to an aromatic ring is 1. The Morgan fingerprint density at radius 2 is 2.35 bits per heavy atom. The molecule has 3 N–H and O–H groups in total. The second kappa shape index (κ2) is 3.92. The summed E-state index contributed by atoms with van der Waals surface area (Å²) in [5.74, 6) is 2.27. The average Bonchev–Trinajstić information content (AvgIpc) is 2.84. The zero-order valence-corrected chi connectivity index (χ0v) is 12.0. The fraction of sp³-hybridized carbons (Fsp3) is 0.417. The summed E-state index contributed by atoms with van der Waals surface area (Å²) < 4.78 is 1.11. The molecule has 2 heterocycles. The molecular formula is C12H14BrN3S. The molecule has 0 radical (unpaired) electrons. The number of aromatic nitrogens is 2. The molecular weight excluding hydrogens is 298 g/mol. The molecule has 5 heteroatoms. The minimum absolute atomic E-state index is 0.123. The molecule has 90 valence electrons. The number of H-pyrrole nitrogens is 1. The molecule has 1 atom stereocenters. The number of thioether (sulfide) groups is 1. The molecule has 1 fully saturated rings. The Balaban J connectivity index is 2.16. The molecule has 0 aliphatic carbocycles. The lowest BCUT2D eigenvalue weighted by atomic mass is 10.1. The lowest BCUT2D eigenvalue weighted by Crippen LogP contribution is -2.14. The molecule has 0 saturated carbocycles. The normalized spacial score (nSPS) is 24.6. The number of nitrogens with two attached hydrogens (primary N) is 1. The van der Waals surface area contributed by atoms with E-state index in [4.69, 9.17) is 5.73 Å². The van der Waals surface area contributed by atoms with Crippen molar-refractivity contribution in [3.8, 4) is 0 Å². The minimum Gasteiger partial charge on any atom is -0.397 e. The first kappa shape index (κ1) is 11.4. The van der Waals surface area contributed by atoms with Crippen molar-refractivity contribution in [1.29, 1.82) is 0 Å². The maximum absolute atomic E-state index is 5.99. The first-order valence-electron chi connectivity index (χ1n) is 5.68. The summed E-state index contributed by atoms with van der Waals surface area (Å²) in [6.45, 7) is 2.26. The third-order valence-electron chi connectivity index (χ3n) is 3.30. The molecule has 1 unspecified atom stereocenters. The maximum atomic E-state index is 5.99. The highest BCUT2D eigenvalue weighted by molar-refractivity contribution is 9.10. The highest BCUT2D eigenvalue weighted by atomic mass is 79.9. The van der Waals surface area contributed by atoms with Gasteiger partial charge in [-0.25, -0.2) is 4.98 Å². The van der Waals surface area contributed by atoms with E-state index >= 15 is 0 Å². The summed E-state index contributed by atoms with van der Waals surface area (Å²) in [6, 6.07) is 3.93. The summed E-state index contributed by atoms with van der Waals surface area (Å²) in [5.41, 5.74) is 8.62. The Morgan fingerprint density at radius 1 is 1.53 bits per heavy atom. The van der Waals surface area contributed by atoms with Crippen LogP contribution in [-0.4, -0.2) is 15.7 Å². The number of benzene rings is 1. The van der Waals surface area contributed by atoms with Gasteiger partial charge in [-0.3, -0.25) is 0 Å². The van der Waals surface area contributed by atoms with Crippen molar-refractivity contribution < 1.29 is 0 Å². The van der Waals surface area contributed by atoms with Crippen molar-refractivity contribution in [2.75, 3.05) is 11.5 Å². The number of halogens is 1. The average molecular weight is 312 g/mol. The molecule has 3 nitrogen and oxygen atoms in total. The van der Waals surface area contributed by atoms with E-state index in [1.54, 1.807) is 0 Å². The number of nitrogens with zero attached hydrogens (tertiary/aromatic N) is 1. The fourth-order valence-corrected chi connectivity index (χ4v) is 4.06. The summed E-state index contributed by atoms with van der Waals surface area (Å²) in [4.78, 5) is 8.10. The number of aromatic amines is 1. The highest BCUT2D eigenvalue weighted by Crippen LogP contribution is 2.45. The summed E-state index contributed by atoms with van der Waals surface area (Å²) >= 11 is 5.43. The van der Waals surface area contributed by atoms with Crippen LogP contribution < -0.4 is 5.73 Å². The van der Waals surface area contributed by atoms with Crippen molar-refractivity contribution in [1.82, 2.24) is 9.97 Å². The zero-order chi connectivity index (χ0) is 12.0. The number of fused-ring (bicyclic) bond motifs is 1. The quantitative estimate of drug-likeness (QED) is 0.790. The topological polar surface area (TPSA) is 54.7 Å². The molecule has 17 heavy (non-hydrogen) atoms. The first-order valence-corrected chi connectivity index (χ1v) is 7.45. The third-order valence-corrected chi connectivity index (χ3v) is 5.29. The Kier molecular flexibility index (Phi) is 2.63. The van der Waals surface area contributed by atoms with Crippen molar-refractivity contribution in [3.05, 3.63) is 22.4 Å². The second-order valence-corrected chi connectivity index (χ2v) is 7.17. The molecule has 0 spiro atoms. The van der Waals surface area contributed by atoms with Crippen LogP contribution in [0.1, 0.15) is 25.6 Å². The number of nitrogens with one attached hydrogen (secondary N) is 1. The van der Waals surface area contributed by atoms with Gasteiger partial charge in [0, 0.05) is 4.47 Å².